The van der Waals surface area contributed by atoms with Crippen LogP contribution in [-0.2, 0) is 27.1 Å². The fraction of sp³-hybridized carbons (Fsp3) is 0.308. The number of aromatic nitrogens is 4. The summed E-state index contributed by atoms with van der Waals surface area (Å²) in [5, 5.41) is 2.29. The van der Waals surface area contributed by atoms with Crippen LogP contribution in [-0.4, -0.2) is 33.2 Å². The molecule has 6 aromatic carbocycles. The third kappa shape index (κ3) is 6.72. The van der Waals surface area contributed by atoms with E-state index in [9.17, 15) is 0 Å². The number of ether oxygens (including phenoxy) is 1. The molecular weight excluding hydrogens is 881 g/mol. The molecule has 3 aromatic heterocycles. The highest BCUT2D eigenvalue weighted by Gasteiger charge is 2.57. The van der Waals surface area contributed by atoms with E-state index in [0.29, 0.717) is 5.82 Å². The van der Waals surface area contributed by atoms with Crippen LogP contribution < -0.4 is 14.5 Å². The van der Waals surface area contributed by atoms with Crippen molar-refractivity contribution in [2.45, 2.75) is 117 Å². The molecule has 0 saturated heterocycles. The van der Waals surface area contributed by atoms with Gasteiger partial charge in [0.15, 0.2) is 5.82 Å². The van der Waals surface area contributed by atoms with E-state index >= 15 is 0 Å². The quantitative estimate of drug-likeness (QED) is 0.175. The lowest BCUT2D eigenvalue weighted by molar-refractivity contribution is 0.482. The summed E-state index contributed by atoms with van der Waals surface area (Å²) in [6.45, 7) is 31.5. The number of hydrogen-bond donors (Lipinski definition) is 0. The minimum atomic E-state index is -0.628. The first-order chi connectivity index (χ1) is 34.0. The number of para-hydroxylation sites is 2. The van der Waals surface area contributed by atoms with Gasteiger partial charge in [0.25, 0.3) is 0 Å². The Kier molecular flexibility index (Phi) is 9.80. The number of benzene rings is 6. The maximum absolute atomic E-state index is 7.13. The predicted octanol–water partition coefficient (Wildman–Crippen LogP) is 16.1. The SMILES string of the molecule is Cc1cc(-n2c3ccccc3c3ccc(Oc4ccc5c(c4)N4CN(C)c6cccc(c64)C54c5c(cc(C(C)(C)C)cc5C(C)(C)C)-c5cc(C(C)(C)C)cc(C(C)(C)C)c54)cc32)ncc1-c1ncccn1. The molecule has 72 heavy (non-hydrogen) atoms. The van der Waals surface area contributed by atoms with Crippen molar-refractivity contribution in [3.05, 3.63) is 184 Å². The van der Waals surface area contributed by atoms with Crippen molar-refractivity contribution in [2.75, 3.05) is 23.5 Å². The fourth-order valence-corrected chi connectivity index (χ4v) is 12.2. The molecule has 0 atom stereocenters. The smallest absolute Gasteiger partial charge is 0.160 e. The van der Waals surface area contributed by atoms with Crippen LogP contribution in [0.3, 0.4) is 0 Å². The normalized spacial score (nSPS) is 14.8. The lowest BCUT2D eigenvalue weighted by Gasteiger charge is -2.46. The molecule has 1 spiro atoms. The number of aryl methyl sites for hydroxylation is 1. The summed E-state index contributed by atoms with van der Waals surface area (Å²) < 4.78 is 9.38. The minimum Gasteiger partial charge on any atom is -0.457 e. The molecule has 0 amide bonds. The number of fused-ring (bicyclic) bond motifs is 12. The van der Waals surface area contributed by atoms with E-state index in [1.54, 1.807) is 12.4 Å². The Balaban J connectivity index is 1.10. The first kappa shape index (κ1) is 45.9. The Morgan fingerprint density at radius 2 is 1.14 bits per heavy atom. The first-order valence-corrected chi connectivity index (χ1v) is 25.7. The molecule has 362 valence electrons. The second kappa shape index (κ2) is 15.4. The van der Waals surface area contributed by atoms with Gasteiger partial charge in [-0.2, -0.15) is 0 Å². The molecule has 2 aliphatic heterocycles. The van der Waals surface area contributed by atoms with Gasteiger partial charge >= 0.3 is 0 Å². The van der Waals surface area contributed by atoms with E-state index in [2.05, 4.69) is 231 Å². The molecule has 3 aliphatic rings. The number of nitrogens with zero attached hydrogens (tertiary/aromatic N) is 6. The maximum atomic E-state index is 7.13. The van der Waals surface area contributed by atoms with Gasteiger partial charge in [-0.15, -0.1) is 0 Å². The Labute approximate surface area is 425 Å². The molecule has 0 N–H and O–H groups in total. The standard InChI is InChI=1S/C65H66N6O/c1-38-29-56(68-36-47(38)60-66-27-18-28-67-60)71-52-21-16-15-19-43(52)44-25-23-41(34-54(44)71)72-42-24-26-48-55(35-42)70-37-69(14)53-22-17-20-49(59(53)70)65(48)57-45(30-39(61(2,3)4)32-50(57)63(8,9)10)46-31-40(62(5,6)7)33-51(58(46)65)64(11,12)13/h15-36H,37H2,1-14H3. The third-order valence-corrected chi connectivity index (χ3v) is 15.8. The van der Waals surface area contributed by atoms with Crippen molar-refractivity contribution in [1.29, 1.82) is 0 Å². The summed E-state index contributed by atoms with van der Waals surface area (Å²) in [5.74, 6) is 3.04. The molecule has 0 bridgehead atoms. The summed E-state index contributed by atoms with van der Waals surface area (Å²) in [5.41, 5.74) is 20.4. The van der Waals surface area contributed by atoms with Crippen LogP contribution in [0.4, 0.5) is 17.1 Å². The molecular formula is C65H66N6O. The molecule has 0 fully saturated rings. The summed E-state index contributed by atoms with van der Waals surface area (Å²) in [6, 6.07) is 43.3. The molecule has 12 rings (SSSR count). The number of pyridine rings is 1. The van der Waals surface area contributed by atoms with E-state index in [1.165, 1.54) is 72.7 Å². The number of rotatable bonds is 4. The highest BCUT2D eigenvalue weighted by molar-refractivity contribution is 6.09. The van der Waals surface area contributed by atoms with Crippen molar-refractivity contribution < 1.29 is 4.74 Å². The van der Waals surface area contributed by atoms with Gasteiger partial charge in [0.1, 0.15) is 17.3 Å². The van der Waals surface area contributed by atoms with E-state index in [-0.39, 0.29) is 21.7 Å². The monoisotopic (exact) mass is 947 g/mol. The minimum absolute atomic E-state index is 0.0566. The van der Waals surface area contributed by atoms with Gasteiger partial charge in [0.2, 0.25) is 0 Å². The van der Waals surface area contributed by atoms with Gasteiger partial charge in [-0.3, -0.25) is 4.57 Å². The van der Waals surface area contributed by atoms with E-state index < -0.39 is 5.41 Å². The number of anilines is 3. The highest BCUT2D eigenvalue weighted by Crippen LogP contribution is 2.68. The number of hydrogen-bond acceptors (Lipinski definition) is 6. The van der Waals surface area contributed by atoms with Gasteiger partial charge < -0.3 is 14.5 Å². The zero-order valence-electron chi connectivity index (χ0n) is 44.5. The van der Waals surface area contributed by atoms with Crippen LogP contribution in [0.5, 0.6) is 11.5 Å². The van der Waals surface area contributed by atoms with Crippen molar-refractivity contribution in [3.63, 3.8) is 0 Å². The predicted molar refractivity (Wildman–Crippen MR) is 298 cm³/mol. The van der Waals surface area contributed by atoms with Crippen molar-refractivity contribution in [3.8, 4) is 39.8 Å². The van der Waals surface area contributed by atoms with Crippen molar-refractivity contribution in [2.24, 2.45) is 0 Å². The summed E-state index contributed by atoms with van der Waals surface area (Å²) in [6.07, 6.45) is 5.43. The van der Waals surface area contributed by atoms with Crippen molar-refractivity contribution >= 4 is 38.9 Å². The Hall–Kier alpha value is -7.25. The van der Waals surface area contributed by atoms with Crippen LogP contribution in [0.1, 0.15) is 133 Å². The Morgan fingerprint density at radius 3 is 1.76 bits per heavy atom. The third-order valence-electron chi connectivity index (χ3n) is 15.8. The van der Waals surface area contributed by atoms with E-state index in [4.69, 9.17) is 9.72 Å². The molecule has 7 nitrogen and oxygen atoms in total. The van der Waals surface area contributed by atoms with Gasteiger partial charge in [-0.1, -0.05) is 144 Å². The molecule has 0 saturated carbocycles. The van der Waals surface area contributed by atoms with Crippen LogP contribution in [0, 0.1) is 6.92 Å². The summed E-state index contributed by atoms with van der Waals surface area (Å²) in [4.78, 5) is 19.0. The van der Waals surface area contributed by atoms with Crippen LogP contribution >= 0.6 is 0 Å². The second-order valence-corrected chi connectivity index (χ2v) is 24.8. The highest BCUT2D eigenvalue weighted by atomic mass is 16.5. The largest absolute Gasteiger partial charge is 0.457 e. The summed E-state index contributed by atoms with van der Waals surface area (Å²) in [7, 11) is 2.23. The molecule has 0 unspecified atom stereocenters. The molecule has 9 aromatic rings. The molecule has 0 radical (unpaired) electrons. The van der Waals surface area contributed by atoms with E-state index in [1.807, 2.05) is 12.3 Å². The average molecular weight is 947 g/mol. The first-order valence-electron chi connectivity index (χ1n) is 25.7. The molecule has 7 heteroatoms. The van der Waals surface area contributed by atoms with Crippen LogP contribution in [0.2, 0.25) is 0 Å². The van der Waals surface area contributed by atoms with Crippen molar-refractivity contribution in [1.82, 2.24) is 19.5 Å². The Bertz CT molecular complexity index is 3640. The maximum Gasteiger partial charge on any atom is 0.160 e. The van der Waals surface area contributed by atoms with Gasteiger partial charge in [0.05, 0.1) is 40.2 Å². The molecule has 5 heterocycles. The van der Waals surface area contributed by atoms with Gasteiger partial charge in [0, 0.05) is 54.1 Å². The average Bonchev–Trinajstić information content (AvgIpc) is 3.95. The summed E-state index contributed by atoms with van der Waals surface area (Å²) >= 11 is 0. The molecule has 1 aliphatic carbocycles. The zero-order valence-corrected chi connectivity index (χ0v) is 44.5. The van der Waals surface area contributed by atoms with Gasteiger partial charge in [-0.25, -0.2) is 15.0 Å². The van der Waals surface area contributed by atoms with Crippen LogP contribution in [0.15, 0.2) is 134 Å². The zero-order chi connectivity index (χ0) is 50.6. The second-order valence-electron chi connectivity index (χ2n) is 24.8. The van der Waals surface area contributed by atoms with Gasteiger partial charge in [-0.05, 0) is 132 Å². The van der Waals surface area contributed by atoms with E-state index in [0.717, 1.165) is 56.9 Å². The topological polar surface area (TPSA) is 59.3 Å². The fourth-order valence-electron chi connectivity index (χ4n) is 12.2. The Morgan fingerprint density at radius 1 is 0.528 bits per heavy atom. The lowest BCUT2D eigenvalue weighted by Crippen LogP contribution is -2.40. The van der Waals surface area contributed by atoms with Crippen LogP contribution in [0.25, 0.3) is 50.1 Å². The lowest BCUT2D eigenvalue weighted by atomic mass is 9.59.